The van der Waals surface area contributed by atoms with Crippen molar-refractivity contribution in [2.24, 2.45) is 4.99 Å². The van der Waals surface area contributed by atoms with Gasteiger partial charge in [0.2, 0.25) is 0 Å². The smallest absolute Gasteiger partial charge is 0.251 e. The standard InChI is InChI=1S/C18H30N4O2/c1-5-6-11-20-17(23)16-9-7-15(8-10-16)12-21-18(19-3)22-14(2)13-24-4/h7-10,14H,5-6,11-13H2,1-4H3,(H,20,23)(H2,19,21,22). The van der Waals surface area contributed by atoms with E-state index >= 15 is 0 Å². The molecule has 0 radical (unpaired) electrons. The van der Waals surface area contributed by atoms with Crippen LogP contribution in [-0.4, -0.2) is 45.2 Å². The predicted octanol–water partition coefficient (Wildman–Crippen LogP) is 1.92. The summed E-state index contributed by atoms with van der Waals surface area (Å²) in [5.41, 5.74) is 1.77. The van der Waals surface area contributed by atoms with Gasteiger partial charge in [0, 0.05) is 38.9 Å². The highest BCUT2D eigenvalue weighted by Crippen LogP contribution is 2.04. The minimum atomic E-state index is -0.0196. The summed E-state index contributed by atoms with van der Waals surface area (Å²) in [4.78, 5) is 16.1. The van der Waals surface area contributed by atoms with Crippen LogP contribution in [0.3, 0.4) is 0 Å². The zero-order valence-electron chi connectivity index (χ0n) is 15.2. The summed E-state index contributed by atoms with van der Waals surface area (Å²) in [6, 6.07) is 7.78. The van der Waals surface area contributed by atoms with Gasteiger partial charge in [-0.2, -0.15) is 0 Å². The molecule has 1 atom stereocenters. The molecule has 134 valence electrons. The Hall–Kier alpha value is -2.08. The van der Waals surface area contributed by atoms with Gasteiger partial charge < -0.3 is 20.7 Å². The summed E-state index contributed by atoms with van der Waals surface area (Å²) in [5, 5.41) is 9.41. The minimum Gasteiger partial charge on any atom is -0.383 e. The molecule has 0 heterocycles. The number of hydrogen-bond donors (Lipinski definition) is 3. The van der Waals surface area contributed by atoms with E-state index in [9.17, 15) is 4.79 Å². The van der Waals surface area contributed by atoms with Crippen LogP contribution in [0.2, 0.25) is 0 Å². The highest BCUT2D eigenvalue weighted by molar-refractivity contribution is 5.94. The number of carbonyl (C=O) groups excluding carboxylic acids is 1. The Balaban J connectivity index is 2.47. The number of nitrogens with zero attached hydrogens (tertiary/aromatic N) is 1. The topological polar surface area (TPSA) is 74.8 Å². The van der Waals surface area contributed by atoms with Crippen molar-refractivity contribution in [3.05, 3.63) is 35.4 Å². The lowest BCUT2D eigenvalue weighted by Gasteiger charge is -2.17. The Morgan fingerprint density at radius 3 is 2.54 bits per heavy atom. The fourth-order valence-corrected chi connectivity index (χ4v) is 2.16. The molecule has 0 saturated heterocycles. The van der Waals surface area contributed by atoms with Crippen molar-refractivity contribution in [1.29, 1.82) is 0 Å². The maximum Gasteiger partial charge on any atom is 0.251 e. The number of methoxy groups -OCH3 is 1. The second-order valence-electron chi connectivity index (χ2n) is 5.73. The van der Waals surface area contributed by atoms with Crippen molar-refractivity contribution in [1.82, 2.24) is 16.0 Å². The average molecular weight is 334 g/mol. The minimum absolute atomic E-state index is 0.0196. The quantitative estimate of drug-likeness (QED) is 0.366. The van der Waals surface area contributed by atoms with Crippen LogP contribution < -0.4 is 16.0 Å². The molecule has 0 bridgehead atoms. The van der Waals surface area contributed by atoms with Gasteiger partial charge in [-0.15, -0.1) is 0 Å². The van der Waals surface area contributed by atoms with Gasteiger partial charge in [0.05, 0.1) is 6.61 Å². The summed E-state index contributed by atoms with van der Waals surface area (Å²) in [5.74, 6) is 0.703. The molecule has 6 heteroatoms. The van der Waals surface area contributed by atoms with E-state index in [4.69, 9.17) is 4.74 Å². The third-order valence-corrected chi connectivity index (χ3v) is 3.52. The predicted molar refractivity (Wildman–Crippen MR) is 98.4 cm³/mol. The molecule has 1 rings (SSSR count). The molecule has 0 aliphatic carbocycles. The lowest BCUT2D eigenvalue weighted by molar-refractivity contribution is 0.0953. The number of carbonyl (C=O) groups is 1. The molecule has 0 saturated carbocycles. The van der Waals surface area contributed by atoms with Crippen LogP contribution in [0.1, 0.15) is 42.6 Å². The van der Waals surface area contributed by atoms with Crippen LogP contribution in [0.15, 0.2) is 29.3 Å². The summed E-state index contributed by atoms with van der Waals surface area (Å²) in [7, 11) is 3.41. The largest absolute Gasteiger partial charge is 0.383 e. The number of aliphatic imine (C=N–C) groups is 1. The highest BCUT2D eigenvalue weighted by Gasteiger charge is 2.06. The van der Waals surface area contributed by atoms with Crippen LogP contribution in [0.4, 0.5) is 0 Å². The van der Waals surface area contributed by atoms with E-state index in [0.717, 1.165) is 30.9 Å². The second-order valence-corrected chi connectivity index (χ2v) is 5.73. The van der Waals surface area contributed by atoms with Crippen molar-refractivity contribution in [3.63, 3.8) is 0 Å². The summed E-state index contributed by atoms with van der Waals surface area (Å²) in [6.07, 6.45) is 2.07. The summed E-state index contributed by atoms with van der Waals surface area (Å²) >= 11 is 0. The second kappa shape index (κ2) is 11.5. The normalized spacial score (nSPS) is 12.6. The van der Waals surface area contributed by atoms with Crippen molar-refractivity contribution in [3.8, 4) is 0 Å². The van der Waals surface area contributed by atoms with Crippen LogP contribution >= 0.6 is 0 Å². The Morgan fingerprint density at radius 1 is 1.25 bits per heavy atom. The fourth-order valence-electron chi connectivity index (χ4n) is 2.16. The first kappa shape index (κ1) is 20.0. The zero-order chi connectivity index (χ0) is 17.8. The van der Waals surface area contributed by atoms with Gasteiger partial charge in [0.15, 0.2) is 5.96 Å². The molecule has 6 nitrogen and oxygen atoms in total. The van der Waals surface area contributed by atoms with Crippen molar-refractivity contribution in [2.45, 2.75) is 39.3 Å². The highest BCUT2D eigenvalue weighted by atomic mass is 16.5. The Morgan fingerprint density at radius 2 is 1.96 bits per heavy atom. The number of nitrogens with one attached hydrogen (secondary N) is 3. The molecule has 0 spiro atoms. The number of amides is 1. The number of unbranched alkanes of at least 4 members (excludes halogenated alkanes) is 1. The number of rotatable bonds is 9. The van der Waals surface area contributed by atoms with Crippen molar-refractivity contribution < 1.29 is 9.53 Å². The van der Waals surface area contributed by atoms with Crippen LogP contribution in [0.25, 0.3) is 0 Å². The third kappa shape index (κ3) is 7.46. The number of benzene rings is 1. The molecule has 1 aromatic carbocycles. The van der Waals surface area contributed by atoms with Gasteiger partial charge in [0.1, 0.15) is 0 Å². The van der Waals surface area contributed by atoms with E-state index in [2.05, 4.69) is 27.9 Å². The molecule has 0 aliphatic heterocycles. The summed E-state index contributed by atoms with van der Waals surface area (Å²) in [6.45, 7) is 6.11. The van der Waals surface area contributed by atoms with Crippen LogP contribution in [0.5, 0.6) is 0 Å². The Labute approximate surface area is 145 Å². The van der Waals surface area contributed by atoms with Gasteiger partial charge in [0.25, 0.3) is 5.91 Å². The number of ether oxygens (including phenoxy) is 1. The Kier molecular flexibility index (Phi) is 9.53. The van der Waals surface area contributed by atoms with Gasteiger partial charge in [-0.3, -0.25) is 9.79 Å². The van der Waals surface area contributed by atoms with E-state index in [1.54, 1.807) is 14.2 Å². The maximum atomic E-state index is 12.0. The fraction of sp³-hybridized carbons (Fsp3) is 0.556. The Bertz CT molecular complexity index is 514. The van der Waals surface area contributed by atoms with Crippen LogP contribution in [0, 0.1) is 0 Å². The SMILES string of the molecule is CCCCNC(=O)c1ccc(CNC(=NC)NC(C)COC)cc1. The summed E-state index contributed by atoms with van der Waals surface area (Å²) < 4.78 is 5.10. The van der Waals surface area contributed by atoms with Crippen molar-refractivity contribution in [2.75, 3.05) is 27.3 Å². The van der Waals surface area contributed by atoms with Gasteiger partial charge in [-0.05, 0) is 31.0 Å². The maximum absolute atomic E-state index is 12.0. The molecule has 0 aromatic heterocycles. The van der Waals surface area contributed by atoms with E-state index in [-0.39, 0.29) is 11.9 Å². The van der Waals surface area contributed by atoms with Gasteiger partial charge in [-0.25, -0.2) is 0 Å². The third-order valence-electron chi connectivity index (χ3n) is 3.52. The molecule has 0 fully saturated rings. The molecule has 24 heavy (non-hydrogen) atoms. The van der Waals surface area contributed by atoms with Gasteiger partial charge >= 0.3 is 0 Å². The van der Waals surface area contributed by atoms with Gasteiger partial charge in [-0.1, -0.05) is 25.5 Å². The van der Waals surface area contributed by atoms with Crippen molar-refractivity contribution >= 4 is 11.9 Å². The van der Waals surface area contributed by atoms with E-state index in [1.165, 1.54) is 0 Å². The molecule has 1 amide bonds. The average Bonchev–Trinajstić information content (AvgIpc) is 2.59. The first-order chi connectivity index (χ1) is 11.6. The number of hydrogen-bond acceptors (Lipinski definition) is 3. The zero-order valence-corrected chi connectivity index (χ0v) is 15.2. The molecular weight excluding hydrogens is 304 g/mol. The first-order valence-electron chi connectivity index (χ1n) is 8.44. The number of guanidine groups is 1. The molecule has 0 aliphatic rings. The first-order valence-corrected chi connectivity index (χ1v) is 8.44. The molecule has 1 aromatic rings. The van der Waals surface area contributed by atoms with Crippen LogP contribution in [-0.2, 0) is 11.3 Å². The van der Waals surface area contributed by atoms with E-state index in [1.807, 2.05) is 31.2 Å². The van der Waals surface area contributed by atoms with E-state index in [0.29, 0.717) is 18.7 Å². The lowest BCUT2D eigenvalue weighted by atomic mass is 10.1. The lowest BCUT2D eigenvalue weighted by Crippen LogP contribution is -2.43. The monoisotopic (exact) mass is 334 g/mol. The molecule has 1 unspecified atom stereocenters. The molecule has 3 N–H and O–H groups in total. The molecular formula is C18H30N4O2. The van der Waals surface area contributed by atoms with E-state index < -0.39 is 0 Å².